The Morgan fingerprint density at radius 3 is 2.33 bits per heavy atom. The van der Waals surface area contributed by atoms with Crippen molar-refractivity contribution in [2.24, 2.45) is 5.92 Å². The topological polar surface area (TPSA) is 95.9 Å². The van der Waals surface area contributed by atoms with Gasteiger partial charge in [-0.05, 0) is 87.3 Å². The highest BCUT2D eigenvalue weighted by atomic mass is 35.5. The third-order valence-electron chi connectivity index (χ3n) is 9.39. The van der Waals surface area contributed by atoms with Gasteiger partial charge in [0, 0.05) is 41.0 Å². The van der Waals surface area contributed by atoms with Crippen LogP contribution in [-0.2, 0) is 16.1 Å². The number of nitrogens with zero attached hydrogens (tertiary/aromatic N) is 4. The van der Waals surface area contributed by atoms with Gasteiger partial charge in [-0.3, -0.25) is 9.69 Å². The number of carboxylic acid groups (broad SMARTS) is 1. The molecule has 3 aliphatic rings. The van der Waals surface area contributed by atoms with Crippen molar-refractivity contribution in [3.63, 3.8) is 0 Å². The molecule has 1 aliphatic carbocycles. The van der Waals surface area contributed by atoms with Gasteiger partial charge in [0.1, 0.15) is 6.10 Å². The third-order valence-corrected chi connectivity index (χ3v) is 9.72. The summed E-state index contributed by atoms with van der Waals surface area (Å²) < 4.78 is 85.8. The summed E-state index contributed by atoms with van der Waals surface area (Å²) >= 11 is 6.70. The van der Waals surface area contributed by atoms with Crippen LogP contribution in [0.2, 0.25) is 5.02 Å². The lowest BCUT2D eigenvalue weighted by molar-refractivity contribution is -0.142. The van der Waals surface area contributed by atoms with Crippen LogP contribution in [0.1, 0.15) is 63.1 Å². The lowest BCUT2D eigenvalue weighted by atomic mass is 9.78. The average molecular weight is 713 g/mol. The number of carboxylic acids is 1. The molecule has 1 amide bonds. The van der Waals surface area contributed by atoms with E-state index >= 15 is 0 Å². The molecule has 1 aromatic heterocycles. The summed E-state index contributed by atoms with van der Waals surface area (Å²) in [5.74, 6) is -0.642. The Kier molecular flexibility index (Phi) is 10.4. The number of carbonyl (C=O) groups excluding carboxylic acids is 1. The van der Waals surface area contributed by atoms with E-state index in [0.29, 0.717) is 66.5 Å². The molecule has 49 heavy (non-hydrogen) atoms. The van der Waals surface area contributed by atoms with Crippen molar-refractivity contribution < 1.29 is 45.8 Å². The molecule has 0 radical (unpaired) electrons. The van der Waals surface area contributed by atoms with Crippen LogP contribution in [0.3, 0.4) is 0 Å². The number of amides is 1. The summed E-state index contributed by atoms with van der Waals surface area (Å²) in [6.45, 7) is 7.00. The van der Waals surface area contributed by atoms with Gasteiger partial charge in [0.2, 0.25) is 5.95 Å². The third kappa shape index (κ3) is 8.05. The highest BCUT2D eigenvalue weighted by molar-refractivity contribution is 6.33. The van der Waals surface area contributed by atoms with Crippen molar-refractivity contribution in [3.05, 3.63) is 76.1 Å². The monoisotopic (exact) mass is 712 g/mol. The van der Waals surface area contributed by atoms with Gasteiger partial charge in [-0.25, -0.2) is 14.8 Å². The Hall–Kier alpha value is -4.07. The molecule has 2 aliphatic heterocycles. The number of alkyl halides is 6. The van der Waals surface area contributed by atoms with E-state index in [1.807, 2.05) is 17.0 Å². The van der Waals surface area contributed by atoms with Crippen molar-refractivity contribution in [2.75, 3.05) is 18.0 Å². The maximum Gasteiger partial charge on any atom is 0.416 e. The maximum atomic E-state index is 13.7. The first-order valence-corrected chi connectivity index (χ1v) is 16.2. The molecular formula is C34H35ClF6N4O4. The molecule has 2 atom stereocenters. The number of anilines is 1. The van der Waals surface area contributed by atoms with Crippen LogP contribution in [0.25, 0.3) is 11.1 Å². The summed E-state index contributed by atoms with van der Waals surface area (Å²) in [5.41, 5.74) is -0.895. The molecule has 3 fully saturated rings. The number of aromatic nitrogens is 2. The first-order valence-electron chi connectivity index (χ1n) is 15.8. The lowest BCUT2D eigenvalue weighted by Gasteiger charge is -2.31. The predicted molar refractivity (Wildman–Crippen MR) is 170 cm³/mol. The van der Waals surface area contributed by atoms with Crippen molar-refractivity contribution in [3.8, 4) is 11.1 Å². The van der Waals surface area contributed by atoms with Crippen LogP contribution in [-0.4, -0.2) is 69.6 Å². The summed E-state index contributed by atoms with van der Waals surface area (Å²) in [7, 11) is 0. The van der Waals surface area contributed by atoms with Gasteiger partial charge in [0.05, 0.1) is 29.8 Å². The number of rotatable bonds is 9. The Morgan fingerprint density at radius 2 is 1.76 bits per heavy atom. The average Bonchev–Trinajstić information content (AvgIpc) is 3.28. The van der Waals surface area contributed by atoms with Crippen molar-refractivity contribution in [1.29, 1.82) is 0 Å². The number of benzene rings is 1. The van der Waals surface area contributed by atoms with Gasteiger partial charge >= 0.3 is 24.4 Å². The minimum Gasteiger partial charge on any atom is -0.481 e. The van der Waals surface area contributed by atoms with E-state index in [2.05, 4.69) is 11.6 Å². The van der Waals surface area contributed by atoms with Crippen molar-refractivity contribution in [2.45, 2.75) is 82.9 Å². The SMILES string of the molecule is C=C(/C=C(\C=C(/C)C(F)(F)F)C(F)(F)F)[C@H]1OC(=O)N(Cc2nc(N3CCC3)ncc2-c2cc(C3CCC(C(=O)O)CC3)ccc2Cl)[C@H]1C. The molecule has 2 aromatic rings. The number of aliphatic carboxylic acids is 1. The summed E-state index contributed by atoms with van der Waals surface area (Å²) in [6.07, 6.45) is -6.78. The minimum absolute atomic E-state index is 0.00939. The van der Waals surface area contributed by atoms with E-state index in [9.17, 15) is 41.0 Å². The van der Waals surface area contributed by atoms with Gasteiger partial charge in [-0.2, -0.15) is 26.3 Å². The van der Waals surface area contributed by atoms with E-state index in [0.717, 1.165) is 25.1 Å². The molecule has 1 N–H and O–H groups in total. The fourth-order valence-corrected chi connectivity index (χ4v) is 6.48. The largest absolute Gasteiger partial charge is 0.481 e. The van der Waals surface area contributed by atoms with Crippen LogP contribution in [0.4, 0.5) is 37.1 Å². The molecule has 3 heterocycles. The normalized spacial score (nSPS) is 23.7. The molecule has 5 rings (SSSR count). The van der Waals surface area contributed by atoms with Gasteiger partial charge in [0.25, 0.3) is 0 Å². The van der Waals surface area contributed by atoms with E-state index in [1.54, 1.807) is 12.3 Å². The van der Waals surface area contributed by atoms with E-state index in [-0.39, 0.29) is 30.0 Å². The maximum absolute atomic E-state index is 13.7. The van der Waals surface area contributed by atoms with Gasteiger partial charge in [-0.15, -0.1) is 0 Å². The quantitative estimate of drug-likeness (QED) is 0.205. The molecule has 1 saturated carbocycles. The lowest BCUT2D eigenvalue weighted by Crippen LogP contribution is -2.39. The van der Waals surface area contributed by atoms with E-state index in [1.165, 1.54) is 11.8 Å². The number of cyclic esters (lactones) is 1. The molecule has 8 nitrogen and oxygen atoms in total. The van der Waals surface area contributed by atoms with Crippen molar-refractivity contribution in [1.82, 2.24) is 14.9 Å². The standard InChI is InChI=1S/C34H35ClF6N4O4/c1-18(13-24(34(39,40)41)14-19(2)33(36,37)38)29-20(3)45(32(48)49-29)17-28-26(16-42-31(43-28)44-11-4-12-44)25-15-23(9-10-27(25)35)21-5-7-22(8-6-21)30(46)47/h9-10,13-16,20-22,29H,1,4-8,11-12,17H2,2-3H3,(H,46,47)/b19-14+,24-13+/t20-,21?,22?,29+/m0/s1. The highest BCUT2D eigenvalue weighted by Gasteiger charge is 2.42. The number of hydrogen-bond acceptors (Lipinski definition) is 6. The van der Waals surface area contributed by atoms with E-state index in [4.69, 9.17) is 21.3 Å². The summed E-state index contributed by atoms with van der Waals surface area (Å²) in [4.78, 5) is 37.2. The van der Waals surface area contributed by atoms with Crippen LogP contribution in [0.15, 0.2) is 59.8 Å². The van der Waals surface area contributed by atoms with Crippen LogP contribution >= 0.6 is 11.6 Å². The fourth-order valence-electron chi connectivity index (χ4n) is 6.26. The highest BCUT2D eigenvalue weighted by Crippen LogP contribution is 2.41. The zero-order chi connectivity index (χ0) is 35.8. The van der Waals surface area contributed by atoms with Crippen molar-refractivity contribution >= 4 is 29.6 Å². The molecule has 0 unspecified atom stereocenters. The second-order valence-electron chi connectivity index (χ2n) is 12.7. The van der Waals surface area contributed by atoms with Gasteiger partial charge < -0.3 is 14.7 Å². The number of hydrogen-bond donors (Lipinski definition) is 1. The Morgan fingerprint density at radius 1 is 1.08 bits per heavy atom. The smallest absolute Gasteiger partial charge is 0.416 e. The molecular weight excluding hydrogens is 678 g/mol. The second-order valence-corrected chi connectivity index (χ2v) is 13.1. The number of halogens is 7. The second kappa shape index (κ2) is 14.0. The summed E-state index contributed by atoms with van der Waals surface area (Å²) in [5, 5.41) is 9.79. The molecule has 264 valence electrons. The van der Waals surface area contributed by atoms with Crippen LogP contribution in [0, 0.1) is 5.92 Å². The fraction of sp³-hybridized carbons (Fsp3) is 0.471. The first-order chi connectivity index (χ1) is 22.9. The molecule has 2 saturated heterocycles. The van der Waals surface area contributed by atoms with E-state index < -0.39 is 47.7 Å². The number of ether oxygens (including phenoxy) is 1. The minimum atomic E-state index is -5.13. The molecule has 0 spiro atoms. The molecule has 15 heteroatoms. The zero-order valence-corrected chi connectivity index (χ0v) is 27.5. The Balaban J connectivity index is 1.45. The number of allylic oxidation sites excluding steroid dienone is 3. The zero-order valence-electron chi connectivity index (χ0n) is 26.7. The summed E-state index contributed by atoms with van der Waals surface area (Å²) in [6, 6.07) is 4.68. The Labute approximate surface area is 284 Å². The Bertz CT molecular complexity index is 1680. The van der Waals surface area contributed by atoms with Gasteiger partial charge in [-0.1, -0.05) is 24.2 Å². The molecule has 1 aromatic carbocycles. The molecule has 0 bridgehead atoms. The first kappa shape index (κ1) is 36.2. The number of carbonyl (C=O) groups is 2. The van der Waals surface area contributed by atoms with Crippen LogP contribution in [0.5, 0.6) is 0 Å². The predicted octanol–water partition coefficient (Wildman–Crippen LogP) is 8.63. The van der Waals surface area contributed by atoms with Gasteiger partial charge in [0.15, 0.2) is 0 Å². The van der Waals surface area contributed by atoms with Crippen LogP contribution < -0.4 is 4.90 Å².